The normalized spacial score (nSPS) is 10.9. The van der Waals surface area contributed by atoms with Gasteiger partial charge in [-0.3, -0.25) is 0 Å². The third-order valence-electron chi connectivity index (χ3n) is 5.63. The van der Waals surface area contributed by atoms with Crippen molar-refractivity contribution in [2.24, 2.45) is 7.05 Å². The summed E-state index contributed by atoms with van der Waals surface area (Å²) in [5.41, 5.74) is 6.53. The minimum Gasteiger partial charge on any atom is -0.496 e. The Kier molecular flexibility index (Phi) is 5.81. The molecule has 0 unspecified atom stereocenters. The highest BCUT2D eigenvalue weighted by Gasteiger charge is 2.15. The number of nitrogens with zero attached hydrogens (tertiary/aromatic N) is 4. The molecule has 4 aromatic rings. The number of hydrogen-bond donors (Lipinski definition) is 0. The summed E-state index contributed by atoms with van der Waals surface area (Å²) in [7, 11) is 3.26. The summed E-state index contributed by atoms with van der Waals surface area (Å²) < 4.78 is 14.3. The molecule has 7 nitrogen and oxygen atoms in total. The molecule has 0 amide bonds. The molecule has 0 aliphatic carbocycles. The average Bonchev–Trinajstić information content (AvgIpc) is 3.12. The van der Waals surface area contributed by atoms with Crippen LogP contribution in [0.2, 0.25) is 0 Å². The number of methoxy groups -OCH3 is 1. The molecule has 4 rings (SSSR count). The molecule has 0 fully saturated rings. The van der Waals surface area contributed by atoms with E-state index in [9.17, 15) is 4.79 Å². The van der Waals surface area contributed by atoms with Crippen LogP contribution >= 0.6 is 0 Å². The van der Waals surface area contributed by atoms with Crippen molar-refractivity contribution in [1.29, 1.82) is 0 Å². The summed E-state index contributed by atoms with van der Waals surface area (Å²) in [5.74, 6) is 1.63. The first kappa shape index (κ1) is 21.4. The summed E-state index contributed by atoms with van der Waals surface area (Å²) in [6, 6.07) is 17.9. The number of hydrogen-bond acceptors (Lipinski definition) is 5. The number of aromatic nitrogens is 4. The average molecular weight is 431 g/mol. The lowest BCUT2D eigenvalue weighted by molar-refractivity contribution is 0.302. The number of ether oxygens (including phenoxy) is 2. The monoisotopic (exact) mass is 430 g/mol. The first-order valence-corrected chi connectivity index (χ1v) is 10.4. The van der Waals surface area contributed by atoms with E-state index in [1.54, 1.807) is 14.2 Å². The van der Waals surface area contributed by atoms with E-state index in [1.165, 1.54) is 9.36 Å². The second kappa shape index (κ2) is 8.70. The lowest BCUT2D eigenvalue weighted by atomic mass is 9.97. The molecule has 0 bridgehead atoms. The molecule has 0 spiro atoms. The van der Waals surface area contributed by atoms with Crippen molar-refractivity contribution < 1.29 is 9.47 Å². The molecule has 3 aromatic carbocycles. The molecule has 0 N–H and O–H groups in total. The van der Waals surface area contributed by atoms with Crippen LogP contribution in [0.15, 0.2) is 59.4 Å². The Morgan fingerprint density at radius 3 is 2.34 bits per heavy atom. The highest BCUT2D eigenvalue weighted by Crippen LogP contribution is 2.35. The zero-order valence-electron chi connectivity index (χ0n) is 18.9. The molecular weight excluding hydrogens is 404 g/mol. The van der Waals surface area contributed by atoms with Crippen LogP contribution in [0.1, 0.15) is 22.3 Å². The van der Waals surface area contributed by atoms with Crippen LogP contribution in [0, 0.1) is 20.8 Å². The number of tetrazole rings is 1. The van der Waals surface area contributed by atoms with Gasteiger partial charge >= 0.3 is 5.69 Å². The Balaban J connectivity index is 1.67. The predicted molar refractivity (Wildman–Crippen MR) is 124 cm³/mol. The van der Waals surface area contributed by atoms with E-state index in [0.717, 1.165) is 44.9 Å². The smallest absolute Gasteiger partial charge is 0.368 e. The van der Waals surface area contributed by atoms with Crippen LogP contribution in [0.25, 0.3) is 16.8 Å². The predicted octanol–water partition coefficient (Wildman–Crippen LogP) is 4.15. The maximum Gasteiger partial charge on any atom is 0.368 e. The van der Waals surface area contributed by atoms with E-state index in [0.29, 0.717) is 12.3 Å². The molecule has 32 heavy (non-hydrogen) atoms. The Morgan fingerprint density at radius 1 is 0.844 bits per heavy atom. The van der Waals surface area contributed by atoms with Crippen molar-refractivity contribution in [3.63, 3.8) is 0 Å². The number of para-hydroxylation sites is 1. The van der Waals surface area contributed by atoms with Crippen molar-refractivity contribution in [2.75, 3.05) is 7.11 Å². The molecule has 0 aliphatic heterocycles. The topological polar surface area (TPSA) is 71.2 Å². The van der Waals surface area contributed by atoms with E-state index < -0.39 is 0 Å². The third-order valence-corrected chi connectivity index (χ3v) is 5.63. The summed E-state index contributed by atoms with van der Waals surface area (Å²) in [5, 5.41) is 7.81. The Labute approximate surface area is 186 Å². The maximum atomic E-state index is 12.4. The molecular formula is C25H26N4O3. The van der Waals surface area contributed by atoms with Crippen LogP contribution in [-0.2, 0) is 13.7 Å². The lowest BCUT2D eigenvalue weighted by Crippen LogP contribution is -2.23. The summed E-state index contributed by atoms with van der Waals surface area (Å²) >= 11 is 0. The van der Waals surface area contributed by atoms with Crippen LogP contribution < -0.4 is 15.2 Å². The highest BCUT2D eigenvalue weighted by atomic mass is 16.5. The van der Waals surface area contributed by atoms with Gasteiger partial charge in [-0.05, 0) is 77.7 Å². The molecule has 1 heterocycles. The van der Waals surface area contributed by atoms with Crippen molar-refractivity contribution in [2.45, 2.75) is 27.4 Å². The van der Waals surface area contributed by atoms with Gasteiger partial charge in [0.05, 0.1) is 12.8 Å². The molecule has 0 saturated carbocycles. The van der Waals surface area contributed by atoms with Gasteiger partial charge < -0.3 is 9.47 Å². The van der Waals surface area contributed by atoms with Crippen LogP contribution in [0.5, 0.6) is 11.5 Å². The number of benzene rings is 3. The van der Waals surface area contributed by atoms with Gasteiger partial charge in [-0.25, -0.2) is 4.79 Å². The molecule has 0 aliphatic rings. The van der Waals surface area contributed by atoms with Crippen molar-refractivity contribution in [1.82, 2.24) is 19.8 Å². The molecule has 0 radical (unpaired) electrons. The zero-order valence-corrected chi connectivity index (χ0v) is 18.9. The first-order chi connectivity index (χ1) is 15.4. The first-order valence-electron chi connectivity index (χ1n) is 10.4. The Bertz CT molecular complexity index is 1340. The Morgan fingerprint density at radius 2 is 1.62 bits per heavy atom. The van der Waals surface area contributed by atoms with Gasteiger partial charge in [-0.15, -0.1) is 0 Å². The van der Waals surface area contributed by atoms with Crippen LogP contribution in [0.4, 0.5) is 0 Å². The number of rotatable bonds is 6. The van der Waals surface area contributed by atoms with Crippen molar-refractivity contribution >= 4 is 0 Å². The third kappa shape index (κ3) is 3.89. The van der Waals surface area contributed by atoms with Gasteiger partial charge in [0, 0.05) is 18.2 Å². The molecule has 7 heteroatoms. The largest absolute Gasteiger partial charge is 0.496 e. The summed E-state index contributed by atoms with van der Waals surface area (Å²) in [6.45, 7) is 6.39. The molecule has 1 aromatic heterocycles. The second-order valence-electron chi connectivity index (χ2n) is 7.79. The SMILES string of the molecule is COc1ccccc1-c1cc(C)c(OCc2c(C)cccc2-n2nnn(C)c2=O)cc1C. The Hall–Kier alpha value is -3.87. The molecule has 0 atom stereocenters. The van der Waals surface area contributed by atoms with Crippen LogP contribution in [0.3, 0.4) is 0 Å². The van der Waals surface area contributed by atoms with Gasteiger partial charge in [0.2, 0.25) is 0 Å². The standard InChI is InChI=1S/C25H26N4O3/c1-16-9-8-11-22(29-25(30)28(4)26-27-29)21(16)15-32-24-14-17(2)20(13-18(24)3)19-10-6-7-12-23(19)31-5/h6-14H,15H2,1-5H3. The van der Waals surface area contributed by atoms with Crippen LogP contribution in [-0.4, -0.2) is 26.9 Å². The second-order valence-corrected chi connectivity index (χ2v) is 7.79. The summed E-state index contributed by atoms with van der Waals surface area (Å²) in [4.78, 5) is 12.4. The molecule has 164 valence electrons. The fourth-order valence-corrected chi connectivity index (χ4v) is 3.79. The minimum absolute atomic E-state index is 0.301. The fourth-order valence-electron chi connectivity index (χ4n) is 3.79. The van der Waals surface area contributed by atoms with Gasteiger partial charge in [0.15, 0.2) is 0 Å². The van der Waals surface area contributed by atoms with E-state index in [1.807, 2.05) is 56.3 Å². The van der Waals surface area contributed by atoms with E-state index >= 15 is 0 Å². The zero-order chi connectivity index (χ0) is 22.8. The van der Waals surface area contributed by atoms with E-state index in [2.05, 4.69) is 29.5 Å². The minimum atomic E-state index is -0.301. The van der Waals surface area contributed by atoms with E-state index in [-0.39, 0.29) is 5.69 Å². The lowest BCUT2D eigenvalue weighted by Gasteiger charge is -2.17. The number of aryl methyl sites for hydroxylation is 4. The van der Waals surface area contributed by atoms with Gasteiger partial charge in [-0.1, -0.05) is 30.3 Å². The van der Waals surface area contributed by atoms with Gasteiger partial charge in [0.1, 0.15) is 18.1 Å². The highest BCUT2D eigenvalue weighted by molar-refractivity contribution is 5.74. The summed E-state index contributed by atoms with van der Waals surface area (Å²) in [6.07, 6.45) is 0. The fraction of sp³-hybridized carbons (Fsp3) is 0.240. The van der Waals surface area contributed by atoms with Crippen molar-refractivity contribution in [3.05, 3.63) is 87.3 Å². The van der Waals surface area contributed by atoms with Gasteiger partial charge in [0.25, 0.3) is 0 Å². The van der Waals surface area contributed by atoms with Crippen molar-refractivity contribution in [3.8, 4) is 28.3 Å². The molecule has 0 saturated heterocycles. The maximum absolute atomic E-state index is 12.4. The quantitative estimate of drug-likeness (QED) is 0.460. The van der Waals surface area contributed by atoms with Gasteiger partial charge in [-0.2, -0.15) is 9.36 Å². The van der Waals surface area contributed by atoms with E-state index in [4.69, 9.17) is 9.47 Å².